The molecule has 0 bridgehead atoms. The SMILES string of the molecule is CCS(=O)(=O)Nc1ccc(NCc2scnc2C)cc1. The van der Waals surface area contributed by atoms with Gasteiger partial charge in [0.15, 0.2) is 0 Å². The molecule has 0 aliphatic heterocycles. The minimum Gasteiger partial charge on any atom is -0.380 e. The zero-order valence-electron chi connectivity index (χ0n) is 11.4. The van der Waals surface area contributed by atoms with E-state index in [9.17, 15) is 8.42 Å². The Morgan fingerprint density at radius 2 is 1.85 bits per heavy atom. The molecule has 0 spiro atoms. The lowest BCUT2D eigenvalue weighted by atomic mass is 10.3. The fourth-order valence-corrected chi connectivity index (χ4v) is 2.94. The lowest BCUT2D eigenvalue weighted by molar-refractivity contribution is 0.602. The third-order valence-corrected chi connectivity index (χ3v) is 5.08. The number of hydrogen-bond donors (Lipinski definition) is 2. The molecule has 0 unspecified atom stereocenters. The monoisotopic (exact) mass is 311 g/mol. The van der Waals surface area contributed by atoms with Crippen molar-refractivity contribution in [3.63, 3.8) is 0 Å². The van der Waals surface area contributed by atoms with Gasteiger partial charge in [-0.1, -0.05) is 0 Å². The van der Waals surface area contributed by atoms with Crippen LogP contribution in [-0.2, 0) is 16.6 Å². The van der Waals surface area contributed by atoms with E-state index in [4.69, 9.17) is 0 Å². The van der Waals surface area contributed by atoms with Gasteiger partial charge in [-0.3, -0.25) is 4.72 Å². The van der Waals surface area contributed by atoms with Crippen molar-refractivity contribution in [2.24, 2.45) is 0 Å². The predicted molar refractivity (Wildman–Crippen MR) is 83.7 cm³/mol. The summed E-state index contributed by atoms with van der Waals surface area (Å²) in [6.45, 7) is 4.31. The van der Waals surface area contributed by atoms with Gasteiger partial charge in [-0.05, 0) is 38.1 Å². The molecular formula is C13H17N3O2S2. The topological polar surface area (TPSA) is 71.1 Å². The van der Waals surface area contributed by atoms with Crippen LogP contribution >= 0.6 is 11.3 Å². The molecule has 1 heterocycles. The highest BCUT2D eigenvalue weighted by Gasteiger charge is 2.06. The second-order valence-electron chi connectivity index (χ2n) is 4.30. The van der Waals surface area contributed by atoms with E-state index in [0.717, 1.165) is 17.9 Å². The van der Waals surface area contributed by atoms with Crippen LogP contribution in [0.1, 0.15) is 17.5 Å². The summed E-state index contributed by atoms with van der Waals surface area (Å²) in [5.41, 5.74) is 4.38. The molecule has 0 fully saturated rings. The van der Waals surface area contributed by atoms with E-state index >= 15 is 0 Å². The molecule has 0 atom stereocenters. The Labute approximate surface area is 123 Å². The maximum Gasteiger partial charge on any atom is 0.232 e. The summed E-state index contributed by atoms with van der Waals surface area (Å²) in [6.07, 6.45) is 0. The summed E-state index contributed by atoms with van der Waals surface area (Å²) >= 11 is 1.62. The number of hydrogen-bond acceptors (Lipinski definition) is 5. The molecule has 1 aromatic carbocycles. The highest BCUT2D eigenvalue weighted by atomic mass is 32.2. The van der Waals surface area contributed by atoms with Gasteiger partial charge in [0, 0.05) is 16.3 Å². The second-order valence-corrected chi connectivity index (χ2v) is 7.25. The maximum atomic E-state index is 11.4. The number of anilines is 2. The van der Waals surface area contributed by atoms with Gasteiger partial charge in [0.1, 0.15) is 0 Å². The van der Waals surface area contributed by atoms with E-state index in [0.29, 0.717) is 5.69 Å². The highest BCUT2D eigenvalue weighted by Crippen LogP contribution is 2.18. The van der Waals surface area contributed by atoms with Crippen LogP contribution in [0.2, 0.25) is 0 Å². The lowest BCUT2D eigenvalue weighted by Gasteiger charge is -2.08. The zero-order valence-corrected chi connectivity index (χ0v) is 13.0. The van der Waals surface area contributed by atoms with Gasteiger partial charge < -0.3 is 5.32 Å². The van der Waals surface area contributed by atoms with Crippen molar-refractivity contribution in [2.45, 2.75) is 20.4 Å². The smallest absolute Gasteiger partial charge is 0.232 e. The number of rotatable bonds is 6. The van der Waals surface area contributed by atoms with Crippen LogP contribution in [0.5, 0.6) is 0 Å². The van der Waals surface area contributed by atoms with Crippen molar-refractivity contribution in [1.82, 2.24) is 4.98 Å². The first-order chi connectivity index (χ1) is 9.50. The van der Waals surface area contributed by atoms with Gasteiger partial charge in [0.2, 0.25) is 10.0 Å². The molecule has 108 valence electrons. The van der Waals surface area contributed by atoms with Crippen LogP contribution in [0, 0.1) is 6.92 Å². The first-order valence-corrected chi connectivity index (χ1v) is 8.77. The average Bonchev–Trinajstić information content (AvgIpc) is 2.83. The fourth-order valence-electron chi connectivity index (χ4n) is 1.59. The molecule has 0 radical (unpaired) electrons. The maximum absolute atomic E-state index is 11.4. The van der Waals surface area contributed by atoms with Crippen molar-refractivity contribution >= 4 is 32.7 Å². The predicted octanol–water partition coefficient (Wildman–Crippen LogP) is 2.83. The second kappa shape index (κ2) is 6.23. The van der Waals surface area contributed by atoms with Crippen LogP contribution in [0.25, 0.3) is 0 Å². The first-order valence-electron chi connectivity index (χ1n) is 6.23. The number of sulfonamides is 1. The van der Waals surface area contributed by atoms with Crippen molar-refractivity contribution in [1.29, 1.82) is 0 Å². The van der Waals surface area contributed by atoms with E-state index < -0.39 is 10.0 Å². The molecule has 0 saturated heterocycles. The average molecular weight is 311 g/mol. The molecule has 2 N–H and O–H groups in total. The molecule has 1 aromatic heterocycles. The fraction of sp³-hybridized carbons (Fsp3) is 0.308. The number of aromatic nitrogens is 1. The Hall–Kier alpha value is -1.60. The first kappa shape index (κ1) is 14.8. The third-order valence-electron chi connectivity index (χ3n) is 2.84. The van der Waals surface area contributed by atoms with E-state index in [-0.39, 0.29) is 5.75 Å². The molecule has 2 aromatic rings. The number of nitrogens with one attached hydrogen (secondary N) is 2. The Bertz CT molecular complexity index is 663. The molecule has 20 heavy (non-hydrogen) atoms. The van der Waals surface area contributed by atoms with Crippen LogP contribution in [-0.4, -0.2) is 19.2 Å². The molecule has 0 saturated carbocycles. The number of aryl methyl sites for hydroxylation is 1. The lowest BCUT2D eigenvalue weighted by Crippen LogP contribution is -2.14. The van der Waals surface area contributed by atoms with Gasteiger partial charge in [-0.25, -0.2) is 13.4 Å². The molecule has 0 aliphatic carbocycles. The van der Waals surface area contributed by atoms with Crippen LogP contribution in [0.4, 0.5) is 11.4 Å². The summed E-state index contributed by atoms with van der Waals surface area (Å²) in [6, 6.07) is 7.19. The van der Waals surface area contributed by atoms with Crippen molar-refractivity contribution in [2.75, 3.05) is 15.8 Å². The van der Waals surface area contributed by atoms with Gasteiger partial charge in [-0.15, -0.1) is 11.3 Å². The normalized spacial score (nSPS) is 11.3. The molecule has 0 amide bonds. The molecule has 2 rings (SSSR count). The number of benzene rings is 1. The number of nitrogens with zero attached hydrogens (tertiary/aromatic N) is 1. The summed E-state index contributed by atoms with van der Waals surface area (Å²) in [5, 5.41) is 3.29. The number of thiazole rings is 1. The molecule has 0 aliphatic rings. The van der Waals surface area contributed by atoms with Crippen molar-refractivity contribution in [3.05, 3.63) is 40.3 Å². The summed E-state index contributed by atoms with van der Waals surface area (Å²) in [4.78, 5) is 5.39. The van der Waals surface area contributed by atoms with Crippen molar-refractivity contribution < 1.29 is 8.42 Å². The van der Waals surface area contributed by atoms with E-state index in [2.05, 4.69) is 15.0 Å². The molecule has 5 nitrogen and oxygen atoms in total. The standard InChI is InChI=1S/C13H17N3O2S2/c1-3-20(17,18)16-12-6-4-11(5-7-12)14-8-13-10(2)15-9-19-13/h4-7,9,14,16H,3,8H2,1-2H3. The summed E-state index contributed by atoms with van der Waals surface area (Å²) in [5.74, 6) is 0.0671. The van der Waals surface area contributed by atoms with Crippen LogP contribution in [0.15, 0.2) is 29.8 Å². The van der Waals surface area contributed by atoms with Gasteiger partial charge >= 0.3 is 0 Å². The van der Waals surface area contributed by atoms with E-state index in [1.807, 2.05) is 24.6 Å². The minimum absolute atomic E-state index is 0.0671. The molecular weight excluding hydrogens is 294 g/mol. The Morgan fingerprint density at radius 3 is 2.40 bits per heavy atom. The van der Waals surface area contributed by atoms with Gasteiger partial charge in [-0.2, -0.15) is 0 Å². The zero-order chi connectivity index (χ0) is 14.6. The van der Waals surface area contributed by atoms with Crippen LogP contribution in [0.3, 0.4) is 0 Å². The van der Waals surface area contributed by atoms with E-state index in [1.54, 1.807) is 30.4 Å². The molecule has 7 heteroatoms. The van der Waals surface area contributed by atoms with E-state index in [1.165, 1.54) is 4.88 Å². The Kier molecular flexibility index (Phi) is 4.61. The van der Waals surface area contributed by atoms with Crippen LogP contribution < -0.4 is 10.0 Å². The Morgan fingerprint density at radius 1 is 1.20 bits per heavy atom. The van der Waals surface area contributed by atoms with Gasteiger partial charge in [0.05, 0.1) is 23.5 Å². The summed E-state index contributed by atoms with van der Waals surface area (Å²) < 4.78 is 25.4. The van der Waals surface area contributed by atoms with Crippen molar-refractivity contribution in [3.8, 4) is 0 Å². The largest absolute Gasteiger partial charge is 0.380 e. The minimum atomic E-state index is -3.22. The highest BCUT2D eigenvalue weighted by molar-refractivity contribution is 7.92. The third kappa shape index (κ3) is 3.94. The van der Waals surface area contributed by atoms with Gasteiger partial charge in [0.25, 0.3) is 0 Å². The summed E-state index contributed by atoms with van der Waals surface area (Å²) in [7, 11) is -3.22. The Balaban J connectivity index is 1.97. The quantitative estimate of drug-likeness (QED) is 0.860.